The molecule has 0 aliphatic carbocycles. The number of rotatable bonds is 6. The number of pyridine rings is 1. The summed E-state index contributed by atoms with van der Waals surface area (Å²) in [5, 5.41) is 6.83. The van der Waals surface area contributed by atoms with Crippen LogP contribution in [-0.4, -0.2) is 61.2 Å². The van der Waals surface area contributed by atoms with Gasteiger partial charge in [0, 0.05) is 38.4 Å². The fourth-order valence-corrected chi connectivity index (χ4v) is 2.75. The predicted molar refractivity (Wildman–Crippen MR) is 93.9 cm³/mol. The number of ether oxygens (including phenoxy) is 1. The topological polar surface area (TPSA) is 61.8 Å². The van der Waals surface area contributed by atoms with Crippen molar-refractivity contribution < 1.29 is 4.74 Å². The van der Waals surface area contributed by atoms with E-state index in [0.717, 1.165) is 24.8 Å². The van der Waals surface area contributed by atoms with E-state index in [1.165, 1.54) is 0 Å². The molecule has 128 valence electrons. The highest BCUT2D eigenvalue weighted by Gasteiger charge is 2.31. The first-order chi connectivity index (χ1) is 11.1. The number of aliphatic imine (C=N–C) groups is 1. The lowest BCUT2D eigenvalue weighted by Crippen LogP contribution is -2.47. The van der Waals surface area contributed by atoms with Crippen LogP contribution in [0.2, 0.25) is 0 Å². The summed E-state index contributed by atoms with van der Waals surface area (Å²) < 4.78 is 5.62. The highest BCUT2D eigenvalue weighted by atomic mass is 16.5. The van der Waals surface area contributed by atoms with Crippen molar-refractivity contribution in [3.05, 3.63) is 24.5 Å². The number of nitrogens with zero attached hydrogens (tertiary/aromatic N) is 3. The number of hydrogen-bond acceptors (Lipinski definition) is 4. The van der Waals surface area contributed by atoms with Crippen molar-refractivity contribution in [2.75, 3.05) is 33.3 Å². The fraction of sp³-hybridized carbons (Fsp3) is 0.647. The minimum Gasteiger partial charge on any atom is -0.490 e. The minimum atomic E-state index is 0.433. The molecule has 2 N–H and O–H groups in total. The van der Waals surface area contributed by atoms with Gasteiger partial charge in [0.15, 0.2) is 5.96 Å². The maximum Gasteiger partial charge on any atom is 0.191 e. The smallest absolute Gasteiger partial charge is 0.191 e. The van der Waals surface area contributed by atoms with Gasteiger partial charge in [-0.05, 0) is 31.9 Å². The maximum absolute atomic E-state index is 5.62. The summed E-state index contributed by atoms with van der Waals surface area (Å²) in [5.41, 5.74) is 0. The Morgan fingerprint density at radius 3 is 2.91 bits per heavy atom. The van der Waals surface area contributed by atoms with E-state index in [9.17, 15) is 0 Å². The molecular weight excluding hydrogens is 290 g/mol. The monoisotopic (exact) mass is 319 g/mol. The molecule has 2 rings (SSSR count). The van der Waals surface area contributed by atoms with Crippen molar-refractivity contribution >= 4 is 5.96 Å². The van der Waals surface area contributed by atoms with Gasteiger partial charge < -0.3 is 15.4 Å². The van der Waals surface area contributed by atoms with Crippen LogP contribution in [0.3, 0.4) is 0 Å². The Morgan fingerprint density at radius 2 is 2.30 bits per heavy atom. The molecule has 0 spiro atoms. The third-order valence-corrected chi connectivity index (χ3v) is 4.21. The van der Waals surface area contributed by atoms with Crippen molar-refractivity contribution in [1.82, 2.24) is 20.5 Å². The lowest BCUT2D eigenvalue weighted by Gasteiger charge is -2.22. The molecule has 0 aromatic carbocycles. The van der Waals surface area contributed by atoms with Crippen LogP contribution in [0.5, 0.6) is 5.75 Å². The molecule has 0 amide bonds. The summed E-state index contributed by atoms with van der Waals surface area (Å²) in [7, 11) is 1.80. The predicted octanol–water partition coefficient (Wildman–Crippen LogP) is 1.35. The summed E-state index contributed by atoms with van der Waals surface area (Å²) in [6.45, 7) is 10.3. The molecule has 1 fully saturated rings. The van der Waals surface area contributed by atoms with Gasteiger partial charge in [0.2, 0.25) is 0 Å². The number of aromatic nitrogens is 1. The molecule has 23 heavy (non-hydrogen) atoms. The standard InChI is InChI=1S/C17H29N5O/c1-13(2)22-11-14(3)16(12-22)21-17(18-4)20-8-9-23-15-6-5-7-19-10-15/h5-7,10,13-14,16H,8-9,11-12H2,1-4H3,(H2,18,20,21). The average Bonchev–Trinajstić information content (AvgIpc) is 2.92. The van der Waals surface area contributed by atoms with Crippen LogP contribution in [0.1, 0.15) is 20.8 Å². The highest BCUT2D eigenvalue weighted by molar-refractivity contribution is 5.80. The normalized spacial score (nSPS) is 22.4. The largest absolute Gasteiger partial charge is 0.490 e. The van der Waals surface area contributed by atoms with E-state index in [2.05, 4.69) is 46.3 Å². The molecular formula is C17H29N5O. The van der Waals surface area contributed by atoms with Crippen LogP contribution >= 0.6 is 0 Å². The zero-order chi connectivity index (χ0) is 16.7. The second-order valence-electron chi connectivity index (χ2n) is 6.31. The van der Waals surface area contributed by atoms with Crippen LogP contribution in [-0.2, 0) is 0 Å². The lowest BCUT2D eigenvalue weighted by molar-refractivity contribution is 0.265. The fourth-order valence-electron chi connectivity index (χ4n) is 2.75. The third kappa shape index (κ3) is 5.39. The first kappa shape index (κ1) is 17.5. The number of nitrogens with one attached hydrogen (secondary N) is 2. The first-order valence-corrected chi connectivity index (χ1v) is 8.34. The summed E-state index contributed by atoms with van der Waals surface area (Å²) in [4.78, 5) is 10.8. The van der Waals surface area contributed by atoms with Crippen molar-refractivity contribution in [2.24, 2.45) is 10.9 Å². The first-order valence-electron chi connectivity index (χ1n) is 8.34. The van der Waals surface area contributed by atoms with Crippen LogP contribution < -0.4 is 15.4 Å². The Morgan fingerprint density at radius 1 is 1.48 bits per heavy atom. The van der Waals surface area contributed by atoms with E-state index in [1.54, 1.807) is 19.4 Å². The Balaban J connectivity index is 1.71. The van der Waals surface area contributed by atoms with Crippen LogP contribution in [0.4, 0.5) is 0 Å². The lowest BCUT2D eigenvalue weighted by atomic mass is 10.1. The Hall–Kier alpha value is -1.82. The number of guanidine groups is 1. The summed E-state index contributed by atoms with van der Waals surface area (Å²) in [5.74, 6) is 2.24. The van der Waals surface area contributed by atoms with Gasteiger partial charge >= 0.3 is 0 Å². The summed E-state index contributed by atoms with van der Waals surface area (Å²) in [6, 6.07) is 4.79. The van der Waals surface area contributed by atoms with Gasteiger partial charge in [0.25, 0.3) is 0 Å². The van der Waals surface area contributed by atoms with E-state index in [0.29, 0.717) is 31.2 Å². The quantitative estimate of drug-likeness (QED) is 0.471. The molecule has 2 unspecified atom stereocenters. The van der Waals surface area contributed by atoms with Crippen molar-refractivity contribution in [2.45, 2.75) is 32.9 Å². The third-order valence-electron chi connectivity index (χ3n) is 4.21. The van der Waals surface area contributed by atoms with Gasteiger partial charge in [0.1, 0.15) is 12.4 Å². The molecule has 0 saturated carbocycles. The van der Waals surface area contributed by atoms with Crippen molar-refractivity contribution in [3.63, 3.8) is 0 Å². The molecule has 1 aliphatic heterocycles. The van der Waals surface area contributed by atoms with Gasteiger partial charge in [-0.2, -0.15) is 0 Å². The van der Waals surface area contributed by atoms with Crippen LogP contribution in [0.25, 0.3) is 0 Å². The van der Waals surface area contributed by atoms with Gasteiger partial charge in [0.05, 0.1) is 12.7 Å². The summed E-state index contributed by atoms with van der Waals surface area (Å²) in [6.07, 6.45) is 3.45. The molecule has 1 saturated heterocycles. The zero-order valence-electron chi connectivity index (χ0n) is 14.6. The molecule has 0 bridgehead atoms. The second-order valence-corrected chi connectivity index (χ2v) is 6.31. The molecule has 1 aromatic heterocycles. The Bertz CT molecular complexity index is 491. The molecule has 1 aliphatic rings. The van der Waals surface area contributed by atoms with Crippen molar-refractivity contribution in [1.29, 1.82) is 0 Å². The number of likely N-dealkylation sites (tertiary alicyclic amines) is 1. The Labute approximate surface area is 139 Å². The van der Waals surface area contributed by atoms with Crippen molar-refractivity contribution in [3.8, 4) is 5.75 Å². The molecule has 1 aromatic rings. The van der Waals surface area contributed by atoms with E-state index in [-0.39, 0.29) is 0 Å². The Kier molecular flexibility index (Phi) is 6.65. The zero-order valence-corrected chi connectivity index (χ0v) is 14.6. The molecule has 2 heterocycles. The van der Waals surface area contributed by atoms with Gasteiger partial charge in [-0.1, -0.05) is 6.92 Å². The van der Waals surface area contributed by atoms with E-state index >= 15 is 0 Å². The van der Waals surface area contributed by atoms with Crippen LogP contribution in [0.15, 0.2) is 29.5 Å². The van der Waals surface area contributed by atoms with E-state index in [1.807, 2.05) is 12.1 Å². The van der Waals surface area contributed by atoms with E-state index < -0.39 is 0 Å². The minimum absolute atomic E-state index is 0.433. The van der Waals surface area contributed by atoms with Crippen LogP contribution in [0, 0.1) is 5.92 Å². The average molecular weight is 319 g/mol. The summed E-state index contributed by atoms with van der Waals surface area (Å²) >= 11 is 0. The SMILES string of the molecule is CN=C(NCCOc1cccnc1)NC1CN(C(C)C)CC1C. The second kappa shape index (κ2) is 8.72. The van der Waals surface area contributed by atoms with Gasteiger partial charge in [-0.25, -0.2) is 0 Å². The van der Waals surface area contributed by atoms with Gasteiger partial charge in [-0.3, -0.25) is 14.9 Å². The molecule has 0 radical (unpaired) electrons. The van der Waals surface area contributed by atoms with Gasteiger partial charge in [-0.15, -0.1) is 0 Å². The number of hydrogen-bond donors (Lipinski definition) is 2. The molecule has 6 nitrogen and oxygen atoms in total. The maximum atomic E-state index is 5.62. The molecule has 2 atom stereocenters. The molecule has 6 heteroatoms. The highest BCUT2D eigenvalue weighted by Crippen LogP contribution is 2.18. The van der Waals surface area contributed by atoms with E-state index in [4.69, 9.17) is 4.74 Å².